The summed E-state index contributed by atoms with van der Waals surface area (Å²) in [6.45, 7) is 1.81. The molecule has 0 aliphatic carbocycles. The lowest BCUT2D eigenvalue weighted by molar-refractivity contribution is 0.0367. The SMILES string of the molecule is CC(O)(CNC(=O)NCc1nnc2ccccn12)c1ccco1. The maximum Gasteiger partial charge on any atom is 0.315 e. The van der Waals surface area contributed by atoms with Crippen molar-refractivity contribution in [1.82, 2.24) is 25.2 Å². The molecule has 8 nitrogen and oxygen atoms in total. The highest BCUT2D eigenvalue weighted by atomic mass is 16.4. The van der Waals surface area contributed by atoms with Crippen molar-refractivity contribution in [3.05, 3.63) is 54.4 Å². The third-order valence-corrected chi connectivity index (χ3v) is 3.44. The van der Waals surface area contributed by atoms with Crippen LogP contribution in [-0.2, 0) is 12.1 Å². The van der Waals surface area contributed by atoms with E-state index in [0.29, 0.717) is 17.2 Å². The lowest BCUT2D eigenvalue weighted by Gasteiger charge is -2.21. The number of amides is 2. The van der Waals surface area contributed by atoms with Gasteiger partial charge < -0.3 is 20.2 Å². The molecule has 0 fully saturated rings. The molecule has 0 saturated heterocycles. The normalized spacial score (nSPS) is 13.7. The van der Waals surface area contributed by atoms with Crippen LogP contribution in [0.5, 0.6) is 0 Å². The molecule has 0 aliphatic rings. The fraction of sp³-hybridized carbons (Fsp3) is 0.267. The van der Waals surface area contributed by atoms with Crippen LogP contribution in [0.1, 0.15) is 18.5 Å². The lowest BCUT2D eigenvalue weighted by atomic mass is 10.0. The number of pyridine rings is 1. The number of aromatic nitrogens is 3. The maximum atomic E-state index is 11.9. The molecule has 0 aromatic carbocycles. The van der Waals surface area contributed by atoms with Gasteiger partial charge in [0.05, 0.1) is 19.4 Å². The number of carbonyl (C=O) groups excluding carboxylic acids is 1. The molecule has 0 aliphatic heterocycles. The molecule has 0 spiro atoms. The van der Waals surface area contributed by atoms with Crippen molar-refractivity contribution < 1.29 is 14.3 Å². The number of fused-ring (bicyclic) bond motifs is 1. The molecule has 3 heterocycles. The Morgan fingerprint density at radius 1 is 1.30 bits per heavy atom. The standard InChI is InChI=1S/C15H17N5O3/c1-15(22,11-5-4-8-23-11)10-17-14(21)16-9-13-19-18-12-6-2-3-7-20(12)13/h2-8,22H,9-10H2,1H3,(H2,16,17,21). The van der Waals surface area contributed by atoms with Crippen LogP contribution < -0.4 is 10.6 Å². The van der Waals surface area contributed by atoms with Crippen molar-refractivity contribution in [1.29, 1.82) is 0 Å². The van der Waals surface area contributed by atoms with E-state index < -0.39 is 11.6 Å². The molecule has 0 saturated carbocycles. The van der Waals surface area contributed by atoms with Crippen LogP contribution >= 0.6 is 0 Å². The second-order valence-electron chi connectivity index (χ2n) is 5.33. The summed E-state index contributed by atoms with van der Waals surface area (Å²) in [5.41, 5.74) is -0.562. The minimum absolute atomic E-state index is 0.0208. The van der Waals surface area contributed by atoms with Gasteiger partial charge in [0.15, 0.2) is 11.5 Å². The van der Waals surface area contributed by atoms with Gasteiger partial charge in [0.1, 0.15) is 11.4 Å². The molecule has 23 heavy (non-hydrogen) atoms. The van der Waals surface area contributed by atoms with Gasteiger partial charge in [-0.05, 0) is 31.2 Å². The molecule has 1 unspecified atom stereocenters. The molecule has 1 atom stereocenters. The minimum Gasteiger partial charge on any atom is -0.466 e. The topological polar surface area (TPSA) is 105 Å². The number of nitrogens with one attached hydrogen (secondary N) is 2. The second kappa shape index (κ2) is 6.09. The van der Waals surface area contributed by atoms with E-state index >= 15 is 0 Å². The molecule has 0 bridgehead atoms. The van der Waals surface area contributed by atoms with Crippen LogP contribution in [0, 0.1) is 0 Å². The highest BCUT2D eigenvalue weighted by Crippen LogP contribution is 2.19. The largest absolute Gasteiger partial charge is 0.466 e. The Morgan fingerprint density at radius 3 is 2.96 bits per heavy atom. The van der Waals surface area contributed by atoms with Gasteiger partial charge in [0.2, 0.25) is 0 Å². The summed E-state index contributed by atoms with van der Waals surface area (Å²) < 4.78 is 6.95. The average molecular weight is 315 g/mol. The zero-order valence-corrected chi connectivity index (χ0v) is 12.6. The van der Waals surface area contributed by atoms with E-state index in [4.69, 9.17) is 4.42 Å². The van der Waals surface area contributed by atoms with Gasteiger partial charge >= 0.3 is 6.03 Å². The third-order valence-electron chi connectivity index (χ3n) is 3.44. The first-order valence-electron chi connectivity index (χ1n) is 7.13. The van der Waals surface area contributed by atoms with Crippen molar-refractivity contribution in [2.24, 2.45) is 0 Å². The lowest BCUT2D eigenvalue weighted by Crippen LogP contribution is -2.43. The van der Waals surface area contributed by atoms with Gasteiger partial charge in [-0.1, -0.05) is 6.07 Å². The predicted octanol–water partition coefficient (Wildman–Crippen LogP) is 1.03. The van der Waals surface area contributed by atoms with Crippen LogP contribution in [0.15, 0.2) is 47.2 Å². The summed E-state index contributed by atoms with van der Waals surface area (Å²) in [4.78, 5) is 11.9. The number of hydrogen-bond acceptors (Lipinski definition) is 5. The Morgan fingerprint density at radius 2 is 2.17 bits per heavy atom. The van der Waals surface area contributed by atoms with Crippen molar-refractivity contribution in [2.45, 2.75) is 19.1 Å². The number of hydrogen-bond donors (Lipinski definition) is 3. The van der Waals surface area contributed by atoms with E-state index in [1.807, 2.05) is 24.4 Å². The first kappa shape index (κ1) is 15.0. The summed E-state index contributed by atoms with van der Waals surface area (Å²) in [6.07, 6.45) is 3.30. The molecule has 0 radical (unpaired) electrons. The van der Waals surface area contributed by atoms with Gasteiger partial charge in [-0.15, -0.1) is 10.2 Å². The number of urea groups is 1. The minimum atomic E-state index is -1.28. The summed E-state index contributed by atoms with van der Waals surface area (Å²) in [6, 6.07) is 8.48. The fourth-order valence-electron chi connectivity index (χ4n) is 2.16. The predicted molar refractivity (Wildman–Crippen MR) is 81.5 cm³/mol. The van der Waals surface area contributed by atoms with Gasteiger partial charge in [-0.25, -0.2) is 4.79 Å². The summed E-state index contributed by atoms with van der Waals surface area (Å²) >= 11 is 0. The van der Waals surface area contributed by atoms with E-state index in [0.717, 1.165) is 0 Å². The highest BCUT2D eigenvalue weighted by molar-refractivity contribution is 5.73. The molecular weight excluding hydrogens is 298 g/mol. The van der Waals surface area contributed by atoms with Crippen molar-refractivity contribution in [3.8, 4) is 0 Å². The number of furan rings is 1. The van der Waals surface area contributed by atoms with Gasteiger partial charge in [-0.3, -0.25) is 4.40 Å². The van der Waals surface area contributed by atoms with E-state index in [1.54, 1.807) is 23.5 Å². The molecule has 3 rings (SSSR count). The monoisotopic (exact) mass is 315 g/mol. The van der Waals surface area contributed by atoms with E-state index in [2.05, 4.69) is 20.8 Å². The molecular formula is C15H17N5O3. The van der Waals surface area contributed by atoms with E-state index in [1.165, 1.54) is 6.26 Å². The first-order valence-corrected chi connectivity index (χ1v) is 7.13. The summed E-state index contributed by atoms with van der Waals surface area (Å²) in [7, 11) is 0. The van der Waals surface area contributed by atoms with E-state index in [9.17, 15) is 9.90 Å². The Bertz CT molecular complexity index is 794. The Balaban J connectivity index is 1.54. The highest BCUT2D eigenvalue weighted by Gasteiger charge is 2.26. The van der Waals surface area contributed by atoms with Crippen LogP contribution in [0.3, 0.4) is 0 Å². The van der Waals surface area contributed by atoms with Crippen LogP contribution in [0.2, 0.25) is 0 Å². The van der Waals surface area contributed by atoms with E-state index in [-0.39, 0.29) is 13.1 Å². The zero-order chi connectivity index (χ0) is 16.3. The third kappa shape index (κ3) is 3.32. The van der Waals surface area contributed by atoms with Crippen LogP contribution in [-0.4, -0.2) is 32.3 Å². The fourth-order valence-corrected chi connectivity index (χ4v) is 2.16. The average Bonchev–Trinajstić information content (AvgIpc) is 3.21. The van der Waals surface area contributed by atoms with Gasteiger partial charge in [0, 0.05) is 6.20 Å². The smallest absolute Gasteiger partial charge is 0.315 e. The number of aliphatic hydroxyl groups is 1. The molecule has 3 aromatic heterocycles. The molecule has 3 N–H and O–H groups in total. The molecule has 8 heteroatoms. The van der Waals surface area contributed by atoms with Crippen molar-refractivity contribution in [2.75, 3.05) is 6.54 Å². The molecule has 120 valence electrons. The van der Waals surface area contributed by atoms with Crippen molar-refractivity contribution >= 4 is 11.7 Å². The molecule has 3 aromatic rings. The Hall–Kier alpha value is -2.87. The maximum absolute atomic E-state index is 11.9. The summed E-state index contributed by atoms with van der Waals surface area (Å²) in [5, 5.41) is 23.6. The van der Waals surface area contributed by atoms with Gasteiger partial charge in [0.25, 0.3) is 0 Å². The molecule has 2 amide bonds. The van der Waals surface area contributed by atoms with Crippen LogP contribution in [0.4, 0.5) is 4.79 Å². The first-order chi connectivity index (χ1) is 11.1. The van der Waals surface area contributed by atoms with Crippen LogP contribution in [0.25, 0.3) is 5.65 Å². The second-order valence-corrected chi connectivity index (χ2v) is 5.33. The number of nitrogens with zero attached hydrogens (tertiary/aromatic N) is 3. The quantitative estimate of drug-likeness (QED) is 0.652. The summed E-state index contributed by atoms with van der Waals surface area (Å²) in [5.74, 6) is 1.01. The number of carbonyl (C=O) groups is 1. The van der Waals surface area contributed by atoms with Crippen molar-refractivity contribution in [3.63, 3.8) is 0 Å². The van der Waals surface area contributed by atoms with Gasteiger partial charge in [-0.2, -0.15) is 0 Å². The number of rotatable bonds is 5. The zero-order valence-electron chi connectivity index (χ0n) is 12.6. The Labute approximate surface area is 132 Å². The Kier molecular flexibility index (Phi) is 3.98.